The zero-order valence-corrected chi connectivity index (χ0v) is 8.64. The number of halogens is 5. The SMILES string of the molecule is COP(C)c1c(F)c(F)c(F)c(F)c1F. The third-order valence-corrected chi connectivity index (χ3v) is 3.35. The molecule has 7 heteroatoms. The molecule has 1 unspecified atom stereocenters. The first-order chi connectivity index (χ1) is 6.91. The van der Waals surface area contributed by atoms with Crippen LogP contribution in [0.15, 0.2) is 0 Å². The second-order valence-electron chi connectivity index (χ2n) is 2.60. The van der Waals surface area contributed by atoms with Crippen LogP contribution in [0.5, 0.6) is 0 Å². The van der Waals surface area contributed by atoms with Crippen molar-refractivity contribution >= 4 is 13.5 Å². The van der Waals surface area contributed by atoms with Crippen molar-refractivity contribution in [3.8, 4) is 0 Å². The van der Waals surface area contributed by atoms with Gasteiger partial charge in [-0.3, -0.25) is 0 Å². The molecule has 0 aliphatic rings. The molecule has 1 rings (SSSR count). The average molecular weight is 244 g/mol. The van der Waals surface area contributed by atoms with E-state index in [9.17, 15) is 22.0 Å². The molecule has 84 valence electrons. The molecule has 0 aliphatic heterocycles. The standard InChI is InChI=1S/C8H6F5OP/c1-14-15(2)8-6(12)4(10)3(9)5(11)7(8)13/h1-2H3. The molecule has 0 heterocycles. The summed E-state index contributed by atoms with van der Waals surface area (Å²) in [5, 5.41) is -0.899. The van der Waals surface area contributed by atoms with Gasteiger partial charge in [0.15, 0.2) is 23.3 Å². The highest BCUT2D eigenvalue weighted by Crippen LogP contribution is 2.34. The van der Waals surface area contributed by atoms with E-state index in [-0.39, 0.29) is 0 Å². The zero-order chi connectivity index (χ0) is 11.7. The van der Waals surface area contributed by atoms with Crippen LogP contribution >= 0.6 is 8.15 Å². The van der Waals surface area contributed by atoms with Crippen molar-refractivity contribution in [2.75, 3.05) is 13.8 Å². The molecule has 0 amide bonds. The highest BCUT2D eigenvalue weighted by Gasteiger charge is 2.28. The van der Waals surface area contributed by atoms with Crippen LogP contribution < -0.4 is 5.30 Å². The second kappa shape index (κ2) is 4.41. The summed E-state index contributed by atoms with van der Waals surface area (Å²) in [6, 6.07) is 0. The minimum atomic E-state index is -2.16. The van der Waals surface area contributed by atoms with E-state index in [0.717, 1.165) is 7.11 Å². The van der Waals surface area contributed by atoms with Gasteiger partial charge < -0.3 is 4.52 Å². The maximum Gasteiger partial charge on any atom is 0.200 e. The van der Waals surface area contributed by atoms with Crippen LogP contribution in [0.3, 0.4) is 0 Å². The Bertz CT molecular complexity index is 366. The van der Waals surface area contributed by atoms with Crippen molar-refractivity contribution in [2.45, 2.75) is 0 Å². The summed E-state index contributed by atoms with van der Waals surface area (Å²) in [5.74, 6) is -9.72. The topological polar surface area (TPSA) is 9.23 Å². The fraction of sp³-hybridized carbons (Fsp3) is 0.250. The van der Waals surface area contributed by atoms with E-state index >= 15 is 0 Å². The fourth-order valence-corrected chi connectivity index (χ4v) is 1.89. The molecule has 0 saturated carbocycles. The van der Waals surface area contributed by atoms with E-state index in [4.69, 9.17) is 0 Å². The van der Waals surface area contributed by atoms with Crippen molar-refractivity contribution in [1.29, 1.82) is 0 Å². The van der Waals surface area contributed by atoms with Crippen LogP contribution in [0.1, 0.15) is 0 Å². The van der Waals surface area contributed by atoms with Gasteiger partial charge in [-0.2, -0.15) is 0 Å². The van der Waals surface area contributed by atoms with Crippen LogP contribution in [0, 0.1) is 29.1 Å². The van der Waals surface area contributed by atoms with Crippen LogP contribution in [-0.2, 0) is 4.52 Å². The Kier molecular flexibility index (Phi) is 3.62. The van der Waals surface area contributed by atoms with Crippen molar-refractivity contribution < 1.29 is 26.5 Å². The third-order valence-electron chi connectivity index (χ3n) is 1.78. The van der Waals surface area contributed by atoms with E-state index in [0.29, 0.717) is 0 Å². The molecule has 1 atom stereocenters. The summed E-state index contributed by atoms with van der Waals surface area (Å²) in [7, 11) is -0.728. The summed E-state index contributed by atoms with van der Waals surface area (Å²) in [6.45, 7) is 1.24. The van der Waals surface area contributed by atoms with Crippen LogP contribution in [0.25, 0.3) is 0 Å². The molecule has 15 heavy (non-hydrogen) atoms. The Balaban J connectivity index is 3.52. The third kappa shape index (κ3) is 1.96. The smallest absolute Gasteiger partial charge is 0.200 e. The first-order valence-corrected chi connectivity index (χ1v) is 5.41. The lowest BCUT2D eigenvalue weighted by Gasteiger charge is -2.12. The molecule has 0 saturated heterocycles. The van der Waals surface area contributed by atoms with Crippen molar-refractivity contribution in [3.05, 3.63) is 29.1 Å². The van der Waals surface area contributed by atoms with Gasteiger partial charge in [-0.05, 0) is 6.66 Å². The van der Waals surface area contributed by atoms with E-state index in [1.807, 2.05) is 0 Å². The summed E-state index contributed by atoms with van der Waals surface area (Å²) >= 11 is 0. The quantitative estimate of drug-likeness (QED) is 0.336. The largest absolute Gasteiger partial charge is 0.358 e. The van der Waals surface area contributed by atoms with E-state index in [1.165, 1.54) is 6.66 Å². The Hall–Kier alpha value is -0.740. The van der Waals surface area contributed by atoms with Crippen molar-refractivity contribution in [3.63, 3.8) is 0 Å². The molecule has 1 nitrogen and oxygen atoms in total. The Morgan fingerprint density at radius 3 is 1.47 bits per heavy atom. The van der Waals surface area contributed by atoms with Gasteiger partial charge >= 0.3 is 0 Å². The maximum absolute atomic E-state index is 13.1. The van der Waals surface area contributed by atoms with Gasteiger partial charge in [0.05, 0.1) is 13.5 Å². The predicted octanol–water partition coefficient (Wildman–Crippen LogP) is 2.68. The molecule has 0 bridgehead atoms. The van der Waals surface area contributed by atoms with Crippen molar-refractivity contribution in [1.82, 2.24) is 0 Å². The first kappa shape index (κ1) is 12.3. The lowest BCUT2D eigenvalue weighted by Crippen LogP contribution is -2.19. The molecule has 0 spiro atoms. The maximum atomic E-state index is 13.1. The van der Waals surface area contributed by atoms with Gasteiger partial charge in [-0.15, -0.1) is 0 Å². The van der Waals surface area contributed by atoms with Crippen LogP contribution in [0.4, 0.5) is 22.0 Å². The molecule has 0 aliphatic carbocycles. The summed E-state index contributed by atoms with van der Waals surface area (Å²) in [5.41, 5.74) is 0. The molecule has 0 N–H and O–H groups in total. The highest BCUT2D eigenvalue weighted by atomic mass is 31.1. The summed E-state index contributed by atoms with van der Waals surface area (Å²) in [6.07, 6.45) is 0. The molecule has 1 aromatic carbocycles. The average Bonchev–Trinajstić information content (AvgIpc) is 2.23. The molecular weight excluding hydrogens is 238 g/mol. The van der Waals surface area contributed by atoms with Gasteiger partial charge in [-0.1, -0.05) is 0 Å². The number of benzene rings is 1. The summed E-state index contributed by atoms with van der Waals surface area (Å²) in [4.78, 5) is 0. The molecular formula is C8H6F5OP. The number of hydrogen-bond donors (Lipinski definition) is 0. The predicted molar refractivity (Wildman–Crippen MR) is 45.7 cm³/mol. The Morgan fingerprint density at radius 1 is 0.800 bits per heavy atom. The van der Waals surface area contributed by atoms with Gasteiger partial charge in [-0.25, -0.2) is 22.0 Å². The van der Waals surface area contributed by atoms with Gasteiger partial charge in [0.1, 0.15) is 0 Å². The lowest BCUT2D eigenvalue weighted by atomic mass is 10.3. The number of rotatable bonds is 2. The van der Waals surface area contributed by atoms with Crippen LogP contribution in [0.2, 0.25) is 0 Å². The van der Waals surface area contributed by atoms with Crippen LogP contribution in [-0.4, -0.2) is 13.8 Å². The normalized spacial score (nSPS) is 13.0. The fourth-order valence-electron chi connectivity index (χ4n) is 0.961. The second-order valence-corrected chi connectivity index (χ2v) is 4.41. The molecule has 0 aromatic heterocycles. The summed E-state index contributed by atoms with van der Waals surface area (Å²) < 4.78 is 68.7. The highest BCUT2D eigenvalue weighted by molar-refractivity contribution is 7.60. The van der Waals surface area contributed by atoms with Gasteiger partial charge in [0.25, 0.3) is 0 Å². The van der Waals surface area contributed by atoms with E-state index in [2.05, 4.69) is 4.52 Å². The number of hydrogen-bond acceptors (Lipinski definition) is 1. The monoisotopic (exact) mass is 244 g/mol. The minimum Gasteiger partial charge on any atom is -0.358 e. The van der Waals surface area contributed by atoms with Crippen molar-refractivity contribution in [2.24, 2.45) is 0 Å². The Labute approximate surface area is 83.7 Å². The van der Waals surface area contributed by atoms with Gasteiger partial charge in [0, 0.05) is 7.11 Å². The zero-order valence-electron chi connectivity index (χ0n) is 7.75. The molecule has 0 fully saturated rings. The van der Waals surface area contributed by atoms with E-state index in [1.54, 1.807) is 0 Å². The minimum absolute atomic E-state index is 0.899. The van der Waals surface area contributed by atoms with E-state index < -0.39 is 42.5 Å². The molecule has 1 aromatic rings. The Morgan fingerprint density at radius 2 is 1.13 bits per heavy atom. The molecule has 0 radical (unpaired) electrons. The lowest BCUT2D eigenvalue weighted by molar-refractivity contribution is 0.382. The van der Waals surface area contributed by atoms with Gasteiger partial charge in [0.2, 0.25) is 5.82 Å². The first-order valence-electron chi connectivity index (χ1n) is 3.71.